The third-order valence-corrected chi connectivity index (χ3v) is 8.03. The second-order valence-electron chi connectivity index (χ2n) is 10.1. The summed E-state index contributed by atoms with van der Waals surface area (Å²) in [5.74, 6) is 0.305. The highest BCUT2D eigenvalue weighted by Crippen LogP contribution is 2.48. The Morgan fingerprint density at radius 3 is 2.39 bits per heavy atom. The Bertz CT molecular complexity index is 1260. The summed E-state index contributed by atoms with van der Waals surface area (Å²) in [6, 6.07) is 8.16. The number of alkyl halides is 3. The minimum atomic E-state index is -4.67. The fourth-order valence-electron chi connectivity index (χ4n) is 5.01. The topological polar surface area (TPSA) is 70.5 Å². The molecule has 12 heteroatoms. The molecule has 1 aromatic carbocycles. The molecule has 8 nitrogen and oxygen atoms in total. The van der Waals surface area contributed by atoms with Crippen molar-refractivity contribution in [2.45, 2.75) is 43.1 Å². The Hall–Kier alpha value is -3.09. The van der Waals surface area contributed by atoms with Gasteiger partial charge in [0.05, 0.1) is 42.9 Å². The third-order valence-electron chi connectivity index (χ3n) is 7.67. The van der Waals surface area contributed by atoms with Crippen LogP contribution in [0.3, 0.4) is 0 Å². The highest BCUT2D eigenvalue weighted by Gasteiger charge is 2.59. The maximum absolute atomic E-state index is 13.8. The number of thiocarbonyl (C=S) groups is 1. The van der Waals surface area contributed by atoms with Crippen LogP contribution in [0.15, 0.2) is 41.5 Å². The third kappa shape index (κ3) is 4.24. The number of carbonyl (C=O) groups excluding carboxylic acids is 1. The lowest BCUT2D eigenvalue weighted by molar-refractivity contribution is -0.141. The molecule has 1 amide bonds. The lowest BCUT2D eigenvalue weighted by Gasteiger charge is -2.46. The quantitative estimate of drug-likeness (QED) is 0.365. The zero-order valence-corrected chi connectivity index (χ0v) is 21.9. The first-order chi connectivity index (χ1) is 18.0. The number of anilines is 2. The number of amides is 1. The molecule has 0 atom stereocenters. The molecule has 0 unspecified atom stereocenters. The van der Waals surface area contributed by atoms with Crippen molar-refractivity contribution in [3.8, 4) is 5.75 Å². The number of benzene rings is 1. The van der Waals surface area contributed by atoms with Gasteiger partial charge in [0.2, 0.25) is 0 Å². The molecule has 0 bridgehead atoms. The molecule has 202 valence electrons. The summed E-state index contributed by atoms with van der Waals surface area (Å²) in [5, 5.41) is 0.117. The SMILES string of the molecule is C=NCc1ncc(N2C(=O)C3(CCC3)N(c3ccc(OCC4(N(C)C)COC4)cc3)C2=S)cc1C(F)(F)F. The molecule has 3 heterocycles. The number of likely N-dealkylation sites (N-methyl/N-ethyl adjacent to an activating group) is 1. The lowest BCUT2D eigenvalue weighted by Crippen LogP contribution is -2.63. The molecular formula is C26H28F3N5O3S. The van der Waals surface area contributed by atoms with Crippen LogP contribution in [0.1, 0.15) is 30.5 Å². The molecule has 2 aromatic rings. The largest absolute Gasteiger partial charge is 0.491 e. The average molecular weight is 548 g/mol. The van der Waals surface area contributed by atoms with Crippen molar-refractivity contribution in [2.75, 3.05) is 43.7 Å². The minimum Gasteiger partial charge on any atom is -0.491 e. The van der Waals surface area contributed by atoms with E-state index in [4.69, 9.17) is 21.7 Å². The van der Waals surface area contributed by atoms with E-state index in [2.05, 4.69) is 21.6 Å². The second kappa shape index (κ2) is 9.58. The van der Waals surface area contributed by atoms with Gasteiger partial charge in [-0.25, -0.2) is 0 Å². The molecule has 3 aliphatic rings. The smallest absolute Gasteiger partial charge is 0.418 e. The van der Waals surface area contributed by atoms with Crippen LogP contribution < -0.4 is 14.5 Å². The van der Waals surface area contributed by atoms with E-state index in [0.717, 1.165) is 12.5 Å². The van der Waals surface area contributed by atoms with Gasteiger partial charge in [0.1, 0.15) is 23.4 Å². The van der Waals surface area contributed by atoms with Crippen LogP contribution in [-0.4, -0.2) is 72.6 Å². The summed E-state index contributed by atoms with van der Waals surface area (Å²) >= 11 is 5.70. The number of ether oxygens (including phenoxy) is 2. The Morgan fingerprint density at radius 1 is 1.21 bits per heavy atom. The van der Waals surface area contributed by atoms with Crippen LogP contribution >= 0.6 is 12.2 Å². The van der Waals surface area contributed by atoms with Gasteiger partial charge in [0.25, 0.3) is 5.91 Å². The number of carbonyl (C=O) groups is 1. The molecule has 3 fully saturated rings. The minimum absolute atomic E-state index is 0.0226. The van der Waals surface area contributed by atoms with Crippen molar-refractivity contribution < 1.29 is 27.4 Å². The van der Waals surface area contributed by atoms with Gasteiger partial charge in [-0.2, -0.15) is 13.2 Å². The highest BCUT2D eigenvalue weighted by molar-refractivity contribution is 7.81. The molecule has 0 radical (unpaired) electrons. The number of hydrogen-bond acceptors (Lipinski definition) is 7. The summed E-state index contributed by atoms with van der Waals surface area (Å²) in [4.78, 5) is 26.2. The predicted octanol–water partition coefficient (Wildman–Crippen LogP) is 4.07. The van der Waals surface area contributed by atoms with Gasteiger partial charge in [0, 0.05) is 5.69 Å². The van der Waals surface area contributed by atoms with Gasteiger partial charge in [-0.3, -0.25) is 24.6 Å². The Balaban J connectivity index is 1.42. The van der Waals surface area contributed by atoms with Crippen LogP contribution in [0, 0.1) is 0 Å². The molecular weight excluding hydrogens is 519 g/mol. The van der Waals surface area contributed by atoms with Crippen molar-refractivity contribution in [1.29, 1.82) is 0 Å². The first-order valence-corrected chi connectivity index (χ1v) is 12.6. The van der Waals surface area contributed by atoms with Gasteiger partial charge < -0.3 is 14.4 Å². The first kappa shape index (κ1) is 26.5. The number of rotatable bonds is 8. The van der Waals surface area contributed by atoms with E-state index in [0.29, 0.717) is 44.1 Å². The van der Waals surface area contributed by atoms with E-state index in [1.165, 1.54) is 11.1 Å². The molecule has 1 saturated carbocycles. The second-order valence-corrected chi connectivity index (χ2v) is 10.5. The average Bonchev–Trinajstić information content (AvgIpc) is 3.05. The number of aliphatic imine (C=N–C) groups is 1. The van der Waals surface area contributed by atoms with Crippen molar-refractivity contribution in [3.05, 3.63) is 47.8 Å². The zero-order valence-electron chi connectivity index (χ0n) is 21.1. The molecule has 1 spiro atoms. The summed E-state index contributed by atoms with van der Waals surface area (Å²) in [5.41, 5.74) is -1.68. The van der Waals surface area contributed by atoms with Gasteiger partial charge in [-0.15, -0.1) is 0 Å². The van der Waals surface area contributed by atoms with Crippen LogP contribution in [0.5, 0.6) is 5.75 Å². The normalized spacial score (nSPS) is 20.1. The van der Waals surface area contributed by atoms with E-state index in [1.54, 1.807) is 17.0 Å². The van der Waals surface area contributed by atoms with E-state index in [-0.39, 0.29) is 34.5 Å². The monoisotopic (exact) mass is 547 g/mol. The van der Waals surface area contributed by atoms with E-state index >= 15 is 0 Å². The van der Waals surface area contributed by atoms with Gasteiger partial charge in [0.15, 0.2) is 5.11 Å². The number of halogens is 3. The number of pyridine rings is 1. The van der Waals surface area contributed by atoms with Gasteiger partial charge in [-0.1, -0.05) is 0 Å². The summed E-state index contributed by atoms with van der Waals surface area (Å²) in [6.07, 6.45) is -1.54. The number of nitrogens with zero attached hydrogens (tertiary/aromatic N) is 5. The molecule has 0 N–H and O–H groups in total. The number of hydrogen-bond donors (Lipinski definition) is 0. The number of aromatic nitrogens is 1. The van der Waals surface area contributed by atoms with E-state index < -0.39 is 17.3 Å². The Labute approximate surface area is 224 Å². The fraction of sp³-hybridized carbons (Fsp3) is 0.462. The first-order valence-electron chi connectivity index (χ1n) is 12.2. The molecule has 5 rings (SSSR count). The standard InChI is InChI=1S/C26H28F3N5O3S/c1-30-13-21-20(26(27,28)29)11-18(12-31-21)33-22(35)25(9-4-10-25)34(23(33)38)17-5-7-19(8-6-17)37-16-24(32(2)3)14-36-15-24/h5-8,11-12H,1,4,9-10,13-16H2,2-3H3. The van der Waals surface area contributed by atoms with Crippen LogP contribution in [0.2, 0.25) is 0 Å². The van der Waals surface area contributed by atoms with Crippen LogP contribution in [0.4, 0.5) is 24.5 Å². The van der Waals surface area contributed by atoms with Gasteiger partial charge in [-0.05, 0) is 82.6 Å². The predicted molar refractivity (Wildman–Crippen MR) is 141 cm³/mol. The highest BCUT2D eigenvalue weighted by atomic mass is 32.1. The summed E-state index contributed by atoms with van der Waals surface area (Å²) < 4.78 is 52.7. The Kier molecular flexibility index (Phi) is 6.69. The van der Waals surface area contributed by atoms with E-state index in [1.807, 2.05) is 26.2 Å². The summed E-state index contributed by atoms with van der Waals surface area (Å²) in [7, 11) is 3.97. The van der Waals surface area contributed by atoms with Crippen molar-refractivity contribution in [3.63, 3.8) is 0 Å². The van der Waals surface area contributed by atoms with Crippen molar-refractivity contribution >= 4 is 41.3 Å². The molecule has 1 aromatic heterocycles. The zero-order chi connectivity index (χ0) is 27.3. The maximum Gasteiger partial charge on any atom is 0.418 e. The molecule has 2 saturated heterocycles. The molecule has 1 aliphatic carbocycles. The van der Waals surface area contributed by atoms with Crippen molar-refractivity contribution in [2.24, 2.45) is 4.99 Å². The molecule has 38 heavy (non-hydrogen) atoms. The lowest BCUT2D eigenvalue weighted by atomic mass is 9.75. The van der Waals surface area contributed by atoms with Crippen molar-refractivity contribution in [1.82, 2.24) is 9.88 Å². The Morgan fingerprint density at radius 2 is 1.89 bits per heavy atom. The van der Waals surface area contributed by atoms with Gasteiger partial charge >= 0.3 is 6.18 Å². The maximum atomic E-state index is 13.8. The molecule has 2 aliphatic heterocycles. The van der Waals surface area contributed by atoms with Crippen LogP contribution in [-0.2, 0) is 22.3 Å². The van der Waals surface area contributed by atoms with E-state index in [9.17, 15) is 18.0 Å². The van der Waals surface area contributed by atoms with Crippen LogP contribution in [0.25, 0.3) is 0 Å². The summed E-state index contributed by atoms with van der Waals surface area (Å²) in [6.45, 7) is 4.62. The fourth-order valence-corrected chi connectivity index (χ4v) is 5.48.